The monoisotopic (exact) mass is 343 g/mol. The Kier molecular flexibility index (Phi) is 4.22. The molecule has 0 radical (unpaired) electrons. The molecule has 0 spiro atoms. The molecule has 0 saturated heterocycles. The number of carbonyl (C=O) groups is 1. The van der Waals surface area contributed by atoms with E-state index in [0.29, 0.717) is 25.1 Å². The lowest BCUT2D eigenvalue weighted by molar-refractivity contribution is -0.147. The molecule has 1 atom stereocenters. The third kappa shape index (κ3) is 2.86. The summed E-state index contributed by atoms with van der Waals surface area (Å²) in [5.74, 6) is 1.01. The van der Waals surface area contributed by atoms with E-state index in [4.69, 9.17) is 4.74 Å². The zero-order valence-electron chi connectivity index (χ0n) is 15.4. The third-order valence-corrected chi connectivity index (χ3v) is 5.28. The molecule has 2 N–H and O–H groups in total. The van der Waals surface area contributed by atoms with Crippen molar-refractivity contribution in [3.05, 3.63) is 40.2 Å². The van der Waals surface area contributed by atoms with E-state index in [0.717, 1.165) is 33.7 Å². The molecule has 25 heavy (non-hydrogen) atoms. The number of ether oxygens (including phenoxy) is 1. The summed E-state index contributed by atoms with van der Waals surface area (Å²) < 4.78 is 6.24. The highest BCUT2D eigenvalue weighted by molar-refractivity contribution is 5.85. The molecule has 6 nitrogen and oxygen atoms in total. The van der Waals surface area contributed by atoms with Gasteiger partial charge in [0.05, 0.1) is 12.2 Å². The van der Waals surface area contributed by atoms with Crippen LogP contribution in [0.25, 0.3) is 0 Å². The van der Waals surface area contributed by atoms with Gasteiger partial charge in [0.15, 0.2) is 5.60 Å². The second-order valence-corrected chi connectivity index (χ2v) is 7.11. The summed E-state index contributed by atoms with van der Waals surface area (Å²) in [6.07, 6.45) is 2.95. The van der Waals surface area contributed by atoms with E-state index in [1.54, 1.807) is 18.1 Å². The molecule has 2 heterocycles. The number of amides is 1. The van der Waals surface area contributed by atoms with Gasteiger partial charge < -0.3 is 14.7 Å². The summed E-state index contributed by atoms with van der Waals surface area (Å²) in [5.41, 5.74) is 3.51. The van der Waals surface area contributed by atoms with Crippen LogP contribution in [0.15, 0.2) is 12.3 Å². The van der Waals surface area contributed by atoms with Crippen molar-refractivity contribution in [1.29, 1.82) is 0 Å². The molecule has 0 saturated carbocycles. The van der Waals surface area contributed by atoms with Crippen LogP contribution in [0.5, 0.6) is 11.5 Å². The zero-order valence-corrected chi connectivity index (χ0v) is 15.4. The highest BCUT2D eigenvalue weighted by atomic mass is 16.5. The molecular weight excluding hydrogens is 318 g/mol. The van der Waals surface area contributed by atoms with Crippen molar-refractivity contribution in [3.63, 3.8) is 0 Å². The van der Waals surface area contributed by atoms with Crippen LogP contribution < -0.4 is 4.74 Å². The van der Waals surface area contributed by atoms with E-state index in [9.17, 15) is 9.90 Å². The number of H-pyrrole nitrogens is 1. The van der Waals surface area contributed by atoms with Crippen molar-refractivity contribution < 1.29 is 14.6 Å². The average Bonchev–Trinajstić information content (AvgIpc) is 3.10. The second kappa shape index (κ2) is 6.10. The van der Waals surface area contributed by atoms with E-state index in [2.05, 4.69) is 10.2 Å². The van der Waals surface area contributed by atoms with E-state index in [1.165, 1.54) is 0 Å². The number of likely N-dealkylation sites (N-methyl/N-ethyl adjacent to an activating group) is 1. The first kappa shape index (κ1) is 17.3. The van der Waals surface area contributed by atoms with Crippen LogP contribution in [0.4, 0.5) is 0 Å². The highest BCUT2D eigenvalue weighted by Crippen LogP contribution is 2.43. The molecule has 1 aromatic carbocycles. The molecule has 1 amide bonds. The van der Waals surface area contributed by atoms with Crippen LogP contribution in [-0.4, -0.2) is 38.8 Å². The fourth-order valence-electron chi connectivity index (χ4n) is 3.50. The van der Waals surface area contributed by atoms with Crippen molar-refractivity contribution in [3.8, 4) is 11.5 Å². The van der Waals surface area contributed by atoms with Gasteiger partial charge in [-0.2, -0.15) is 5.10 Å². The smallest absolute Gasteiger partial charge is 0.266 e. The lowest BCUT2D eigenvalue weighted by Gasteiger charge is -2.38. The number of fused-ring (bicyclic) bond motifs is 1. The number of aromatic hydroxyl groups is 1. The molecule has 1 aliphatic rings. The predicted octanol–water partition coefficient (Wildman–Crippen LogP) is 2.78. The highest BCUT2D eigenvalue weighted by Gasteiger charge is 2.42. The van der Waals surface area contributed by atoms with Crippen molar-refractivity contribution >= 4 is 5.91 Å². The maximum Gasteiger partial charge on any atom is 0.266 e. The lowest BCUT2D eigenvalue weighted by atomic mass is 9.86. The van der Waals surface area contributed by atoms with E-state index in [1.807, 2.05) is 33.8 Å². The van der Waals surface area contributed by atoms with Gasteiger partial charge in [-0.3, -0.25) is 9.89 Å². The zero-order chi connectivity index (χ0) is 18.4. The van der Waals surface area contributed by atoms with Crippen LogP contribution in [0.3, 0.4) is 0 Å². The third-order valence-electron chi connectivity index (χ3n) is 5.28. The minimum absolute atomic E-state index is 0.0597. The minimum atomic E-state index is -0.914. The number of rotatable bonds is 3. The number of phenolic OH excluding ortho intramolecular Hbond substituents is 1. The van der Waals surface area contributed by atoms with Gasteiger partial charge in [-0.05, 0) is 56.9 Å². The summed E-state index contributed by atoms with van der Waals surface area (Å²) in [6, 6.07) is 1.85. The van der Waals surface area contributed by atoms with Crippen molar-refractivity contribution in [2.75, 3.05) is 7.05 Å². The topological polar surface area (TPSA) is 78.5 Å². The number of nitrogens with zero attached hydrogens (tertiary/aromatic N) is 2. The van der Waals surface area contributed by atoms with Crippen molar-refractivity contribution in [1.82, 2.24) is 15.1 Å². The van der Waals surface area contributed by atoms with Gasteiger partial charge in [0.25, 0.3) is 5.91 Å². The molecule has 1 aromatic heterocycles. The van der Waals surface area contributed by atoms with Crippen LogP contribution in [0.2, 0.25) is 0 Å². The Hall–Kier alpha value is -2.50. The first-order valence-electron chi connectivity index (χ1n) is 8.49. The predicted molar refractivity (Wildman–Crippen MR) is 94.7 cm³/mol. The number of carbonyl (C=O) groups excluding carboxylic acids is 1. The summed E-state index contributed by atoms with van der Waals surface area (Å²) >= 11 is 0. The van der Waals surface area contributed by atoms with Gasteiger partial charge in [0.1, 0.15) is 11.5 Å². The number of hydrogen-bond acceptors (Lipinski definition) is 4. The molecule has 3 rings (SSSR count). The molecule has 6 heteroatoms. The SMILES string of the molecule is Cc1c(C)c2c(c(C)c1O)CC[C@@](C)(C(=O)N(C)Cc1ccn[nH]1)O2. The number of benzene rings is 1. The quantitative estimate of drug-likeness (QED) is 0.898. The fourth-order valence-corrected chi connectivity index (χ4v) is 3.50. The summed E-state index contributed by atoms with van der Waals surface area (Å²) in [7, 11) is 1.77. The summed E-state index contributed by atoms with van der Waals surface area (Å²) in [6.45, 7) is 8.01. The lowest BCUT2D eigenvalue weighted by Crippen LogP contribution is -2.51. The maximum absolute atomic E-state index is 13.0. The van der Waals surface area contributed by atoms with Gasteiger partial charge in [-0.1, -0.05) is 0 Å². The van der Waals surface area contributed by atoms with E-state index in [-0.39, 0.29) is 5.91 Å². The molecule has 1 aliphatic heterocycles. The Morgan fingerprint density at radius 1 is 1.36 bits per heavy atom. The van der Waals surface area contributed by atoms with Crippen molar-refractivity contribution in [2.24, 2.45) is 0 Å². The Labute approximate surface area is 147 Å². The first-order valence-corrected chi connectivity index (χ1v) is 8.49. The Morgan fingerprint density at radius 3 is 2.72 bits per heavy atom. The second-order valence-electron chi connectivity index (χ2n) is 7.11. The maximum atomic E-state index is 13.0. The molecule has 0 aliphatic carbocycles. The van der Waals surface area contributed by atoms with Gasteiger partial charge in [0.2, 0.25) is 0 Å². The van der Waals surface area contributed by atoms with Gasteiger partial charge in [-0.25, -0.2) is 0 Å². The van der Waals surface area contributed by atoms with E-state index >= 15 is 0 Å². The molecular formula is C19H25N3O3. The van der Waals surface area contributed by atoms with Gasteiger partial charge >= 0.3 is 0 Å². The van der Waals surface area contributed by atoms with Crippen LogP contribution in [0, 0.1) is 20.8 Å². The molecule has 0 unspecified atom stereocenters. The van der Waals surface area contributed by atoms with Crippen LogP contribution >= 0.6 is 0 Å². The Morgan fingerprint density at radius 2 is 2.08 bits per heavy atom. The number of aromatic amines is 1. The standard InChI is InChI=1S/C19H25N3O3/c1-11-12(2)17-15(13(3)16(11)23)6-8-19(4,25-17)18(24)22(5)10-14-7-9-20-21-14/h7,9,23H,6,8,10H2,1-5H3,(H,20,21)/t19-/m0/s1. The fraction of sp³-hybridized carbons (Fsp3) is 0.474. The first-order chi connectivity index (χ1) is 11.7. The molecule has 134 valence electrons. The minimum Gasteiger partial charge on any atom is -0.507 e. The summed E-state index contributed by atoms with van der Waals surface area (Å²) in [4.78, 5) is 14.7. The average molecular weight is 343 g/mol. The molecule has 0 fully saturated rings. The van der Waals surface area contributed by atoms with Gasteiger partial charge in [-0.15, -0.1) is 0 Å². The number of phenols is 1. The number of hydrogen-bond donors (Lipinski definition) is 2. The Bertz CT molecular complexity index is 814. The number of aromatic nitrogens is 2. The number of nitrogens with one attached hydrogen (secondary N) is 1. The van der Waals surface area contributed by atoms with Crippen molar-refractivity contribution in [2.45, 2.75) is 52.7 Å². The normalized spacial score (nSPS) is 19.2. The summed E-state index contributed by atoms with van der Waals surface area (Å²) in [5, 5.41) is 17.1. The van der Waals surface area contributed by atoms with Crippen LogP contribution in [-0.2, 0) is 17.8 Å². The van der Waals surface area contributed by atoms with Crippen LogP contribution in [0.1, 0.15) is 41.3 Å². The van der Waals surface area contributed by atoms with Gasteiger partial charge in [0, 0.05) is 25.2 Å². The molecule has 2 aromatic rings. The largest absolute Gasteiger partial charge is 0.507 e. The van der Waals surface area contributed by atoms with E-state index < -0.39 is 5.60 Å². The Balaban J connectivity index is 1.89. The molecule has 0 bridgehead atoms.